The van der Waals surface area contributed by atoms with Gasteiger partial charge in [0, 0.05) is 37.2 Å². The topological polar surface area (TPSA) is 3.24 Å². The molecule has 1 aromatic heterocycles. The molecule has 10 rings (SSSR count). The third-order valence-electron chi connectivity index (χ3n) is 9.99. The summed E-state index contributed by atoms with van der Waals surface area (Å²) in [5, 5.41) is 10.2. The molecule has 0 bridgehead atoms. The van der Waals surface area contributed by atoms with E-state index in [-0.39, 0.29) is 0 Å². The molecule has 9 aromatic carbocycles. The van der Waals surface area contributed by atoms with E-state index < -0.39 is 0 Å². The van der Waals surface area contributed by atoms with Crippen LogP contribution in [0.1, 0.15) is 0 Å². The van der Waals surface area contributed by atoms with Crippen molar-refractivity contribution in [1.82, 2.24) is 0 Å². The lowest BCUT2D eigenvalue weighted by molar-refractivity contribution is 1.29. The Morgan fingerprint density at radius 1 is 0.300 bits per heavy atom. The molecule has 1 heterocycles. The van der Waals surface area contributed by atoms with E-state index in [1.807, 2.05) is 11.3 Å². The van der Waals surface area contributed by atoms with Crippen molar-refractivity contribution in [3.05, 3.63) is 188 Å². The van der Waals surface area contributed by atoms with Gasteiger partial charge in [0.25, 0.3) is 0 Å². The first-order chi connectivity index (χ1) is 24.8. The van der Waals surface area contributed by atoms with E-state index in [1.54, 1.807) is 0 Å². The molecule has 0 unspecified atom stereocenters. The zero-order valence-electron chi connectivity index (χ0n) is 27.3. The lowest BCUT2D eigenvalue weighted by Crippen LogP contribution is -2.10. The number of hydrogen-bond donors (Lipinski definition) is 0. The van der Waals surface area contributed by atoms with Gasteiger partial charge in [0.1, 0.15) is 0 Å². The van der Waals surface area contributed by atoms with Crippen molar-refractivity contribution in [2.45, 2.75) is 0 Å². The Kier molecular flexibility index (Phi) is 6.75. The van der Waals surface area contributed by atoms with Gasteiger partial charge in [-0.25, -0.2) is 0 Å². The molecule has 1 nitrogen and oxygen atoms in total. The van der Waals surface area contributed by atoms with E-state index in [1.165, 1.54) is 74.7 Å². The summed E-state index contributed by atoms with van der Waals surface area (Å²) in [6, 6.07) is 68.9. The number of thiophene rings is 1. The second-order valence-corrected chi connectivity index (χ2v) is 14.1. The highest BCUT2D eigenvalue weighted by molar-refractivity contribution is 7.25. The molecule has 50 heavy (non-hydrogen) atoms. The summed E-state index contributed by atoms with van der Waals surface area (Å²) in [5.41, 5.74) is 8.22. The molecule has 0 aliphatic heterocycles. The van der Waals surface area contributed by atoms with Gasteiger partial charge < -0.3 is 4.90 Å². The fourth-order valence-electron chi connectivity index (χ4n) is 7.60. The van der Waals surface area contributed by atoms with Crippen LogP contribution in [0.4, 0.5) is 17.1 Å². The molecule has 0 saturated carbocycles. The van der Waals surface area contributed by atoms with E-state index >= 15 is 0 Å². The van der Waals surface area contributed by atoms with Crippen molar-refractivity contribution in [2.24, 2.45) is 0 Å². The molecule has 0 spiro atoms. The molecule has 2 heteroatoms. The average molecular weight is 654 g/mol. The van der Waals surface area contributed by atoms with Gasteiger partial charge in [-0.3, -0.25) is 0 Å². The summed E-state index contributed by atoms with van der Waals surface area (Å²) >= 11 is 1.86. The highest BCUT2D eigenvalue weighted by Gasteiger charge is 2.17. The van der Waals surface area contributed by atoms with E-state index in [0.717, 1.165) is 17.1 Å². The normalized spacial score (nSPS) is 11.6. The van der Waals surface area contributed by atoms with Crippen molar-refractivity contribution < 1.29 is 0 Å². The zero-order valence-corrected chi connectivity index (χ0v) is 28.1. The molecule has 0 saturated heterocycles. The molecule has 0 aliphatic rings. The Morgan fingerprint density at radius 3 is 1.74 bits per heavy atom. The molecule has 234 valence electrons. The standard InChI is InChI=1S/C48H31NS/c1-2-12-33-27-35(24-23-32(33)11-1)34-14-9-16-38(28-34)49(40-25-26-45-44-21-7-8-22-47(44)50-48(45)31-40)39-17-10-15-36(29-39)46-30-37-13-3-4-18-41(37)42-19-5-6-20-43(42)46/h1-31H. The van der Waals surface area contributed by atoms with Crippen LogP contribution >= 0.6 is 11.3 Å². The average Bonchev–Trinajstić information content (AvgIpc) is 3.56. The minimum atomic E-state index is 1.12. The summed E-state index contributed by atoms with van der Waals surface area (Å²) in [4.78, 5) is 2.42. The van der Waals surface area contributed by atoms with Crippen LogP contribution in [0.15, 0.2) is 188 Å². The fraction of sp³-hybridized carbons (Fsp3) is 0. The molecule has 0 aliphatic carbocycles. The predicted octanol–water partition coefficient (Wildman–Crippen LogP) is 14.3. The maximum atomic E-state index is 2.42. The highest BCUT2D eigenvalue weighted by Crippen LogP contribution is 2.43. The van der Waals surface area contributed by atoms with E-state index in [2.05, 4.69) is 193 Å². The summed E-state index contributed by atoms with van der Waals surface area (Å²) in [6.45, 7) is 0. The van der Waals surface area contributed by atoms with Gasteiger partial charge in [0.2, 0.25) is 0 Å². The number of fused-ring (bicyclic) bond motifs is 7. The zero-order chi connectivity index (χ0) is 33.0. The molecular weight excluding hydrogens is 623 g/mol. The Balaban J connectivity index is 1.17. The van der Waals surface area contributed by atoms with Gasteiger partial charge >= 0.3 is 0 Å². The predicted molar refractivity (Wildman–Crippen MR) is 217 cm³/mol. The van der Waals surface area contributed by atoms with Crippen LogP contribution in [0.5, 0.6) is 0 Å². The summed E-state index contributed by atoms with van der Waals surface area (Å²) in [6.07, 6.45) is 0. The van der Waals surface area contributed by atoms with Crippen molar-refractivity contribution in [2.75, 3.05) is 4.90 Å². The molecule has 0 N–H and O–H groups in total. The first-order valence-electron chi connectivity index (χ1n) is 17.1. The van der Waals surface area contributed by atoms with Crippen LogP contribution in [0.3, 0.4) is 0 Å². The van der Waals surface area contributed by atoms with Gasteiger partial charge in [-0.2, -0.15) is 0 Å². The van der Waals surface area contributed by atoms with Crippen LogP contribution in [0.25, 0.3) is 74.7 Å². The Hall–Kier alpha value is -6.22. The Labute approximate surface area is 294 Å². The van der Waals surface area contributed by atoms with Crippen molar-refractivity contribution in [3.8, 4) is 22.3 Å². The molecule has 0 radical (unpaired) electrons. The molecule has 0 amide bonds. The second kappa shape index (κ2) is 11.7. The SMILES string of the molecule is c1cc(-c2ccc3ccccc3c2)cc(N(c2cccc(-c3cc4ccccc4c4ccccc34)c2)c2ccc3c(c2)sc2ccccc23)c1. The summed E-state index contributed by atoms with van der Waals surface area (Å²) < 4.78 is 2.60. The van der Waals surface area contributed by atoms with Gasteiger partial charge in [-0.1, -0.05) is 133 Å². The molecule has 0 fully saturated rings. The largest absolute Gasteiger partial charge is 0.310 e. The number of anilines is 3. The summed E-state index contributed by atoms with van der Waals surface area (Å²) in [7, 11) is 0. The number of hydrogen-bond acceptors (Lipinski definition) is 2. The van der Waals surface area contributed by atoms with E-state index in [9.17, 15) is 0 Å². The van der Waals surface area contributed by atoms with Crippen LogP contribution in [-0.4, -0.2) is 0 Å². The Bertz CT molecular complexity index is 2900. The minimum absolute atomic E-state index is 1.12. The minimum Gasteiger partial charge on any atom is -0.310 e. The monoisotopic (exact) mass is 653 g/mol. The van der Waals surface area contributed by atoms with Crippen LogP contribution in [0, 0.1) is 0 Å². The van der Waals surface area contributed by atoms with Crippen LogP contribution in [-0.2, 0) is 0 Å². The van der Waals surface area contributed by atoms with Gasteiger partial charge in [-0.15, -0.1) is 11.3 Å². The fourth-order valence-corrected chi connectivity index (χ4v) is 8.74. The lowest BCUT2D eigenvalue weighted by Gasteiger charge is -2.27. The van der Waals surface area contributed by atoms with Crippen molar-refractivity contribution in [3.63, 3.8) is 0 Å². The van der Waals surface area contributed by atoms with Crippen molar-refractivity contribution in [1.29, 1.82) is 0 Å². The third kappa shape index (κ3) is 4.84. The molecule has 10 aromatic rings. The number of rotatable bonds is 5. The molecule has 0 atom stereocenters. The smallest absolute Gasteiger partial charge is 0.0476 e. The van der Waals surface area contributed by atoms with Crippen LogP contribution in [0.2, 0.25) is 0 Å². The maximum absolute atomic E-state index is 2.42. The number of benzene rings is 9. The molecular formula is C48H31NS. The van der Waals surface area contributed by atoms with Crippen LogP contribution < -0.4 is 4.90 Å². The quantitative estimate of drug-likeness (QED) is 0.167. The van der Waals surface area contributed by atoms with Gasteiger partial charge in [0.15, 0.2) is 0 Å². The van der Waals surface area contributed by atoms with Gasteiger partial charge in [-0.05, 0) is 109 Å². The van der Waals surface area contributed by atoms with E-state index in [0.29, 0.717) is 0 Å². The lowest BCUT2D eigenvalue weighted by atomic mass is 9.93. The van der Waals surface area contributed by atoms with Gasteiger partial charge in [0.05, 0.1) is 0 Å². The second-order valence-electron chi connectivity index (χ2n) is 13.0. The van der Waals surface area contributed by atoms with E-state index in [4.69, 9.17) is 0 Å². The first kappa shape index (κ1) is 28.8. The highest BCUT2D eigenvalue weighted by atomic mass is 32.1. The first-order valence-corrected chi connectivity index (χ1v) is 17.9. The number of nitrogens with zero attached hydrogens (tertiary/aromatic N) is 1. The Morgan fingerprint density at radius 2 is 0.900 bits per heavy atom. The van der Waals surface area contributed by atoms with Crippen molar-refractivity contribution >= 4 is 80.9 Å². The maximum Gasteiger partial charge on any atom is 0.0476 e. The third-order valence-corrected chi connectivity index (χ3v) is 11.1. The summed E-state index contributed by atoms with van der Waals surface area (Å²) in [5.74, 6) is 0.